The van der Waals surface area contributed by atoms with Gasteiger partial charge >= 0.3 is 209 Å². The molecule has 40 heavy (non-hydrogen) atoms. The van der Waals surface area contributed by atoms with Gasteiger partial charge in [0, 0.05) is 0 Å². The molecule has 0 unspecified atom stereocenters. The Morgan fingerprint density at radius 2 is 0.950 bits per heavy atom. The summed E-state index contributed by atoms with van der Waals surface area (Å²) in [4.78, 5) is 0. The molecule has 0 fully saturated rings. The first-order chi connectivity index (χ1) is 19.5. The van der Waals surface area contributed by atoms with E-state index in [0.29, 0.717) is 6.54 Å². The number of rotatable bonds is 8. The van der Waals surface area contributed by atoms with Crippen molar-refractivity contribution in [2.24, 2.45) is 0 Å². The molecule has 5 aromatic rings. The molecule has 0 spiro atoms. The van der Waals surface area contributed by atoms with Crippen LogP contribution in [0.15, 0.2) is 140 Å². The Kier molecular flexibility index (Phi) is 8.49. The molecule has 0 aliphatic rings. The van der Waals surface area contributed by atoms with E-state index < -0.39 is 7.26 Å². The van der Waals surface area contributed by atoms with Crippen molar-refractivity contribution < 1.29 is 0 Å². The standard InChI is InChI=1S/C35H35N4P/c1-27(36)39-35(37)38-25-28-17-21-30(22-18-28)31-23-19-29(20-24-31)26-40(32-11-5-2-6-12-32,33-13-7-3-8-14-33)34-15-9-4-10-16-34/h2-24,40H,25-26H2,1H3,(H4,36,37,38,39). The van der Waals surface area contributed by atoms with Crippen molar-refractivity contribution in [2.45, 2.75) is 19.6 Å². The zero-order valence-electron chi connectivity index (χ0n) is 22.7. The summed E-state index contributed by atoms with van der Waals surface area (Å²) in [6.07, 6.45) is 0.977. The summed E-state index contributed by atoms with van der Waals surface area (Å²) in [5, 5.41) is 25.2. The third-order valence-electron chi connectivity index (χ3n) is 7.29. The molecule has 0 saturated carbocycles. The Morgan fingerprint density at radius 3 is 1.35 bits per heavy atom. The van der Waals surface area contributed by atoms with Crippen LogP contribution in [0.1, 0.15) is 18.1 Å². The van der Waals surface area contributed by atoms with Crippen LogP contribution in [-0.4, -0.2) is 11.8 Å². The second kappa shape index (κ2) is 12.5. The molecule has 4 N–H and O–H groups in total. The Hall–Kier alpha value is -4.53. The van der Waals surface area contributed by atoms with Gasteiger partial charge in [0.1, 0.15) is 0 Å². The third kappa shape index (κ3) is 6.20. The first kappa shape index (κ1) is 27.1. The summed E-state index contributed by atoms with van der Waals surface area (Å²) in [5.74, 6) is 0.376. The Bertz CT molecular complexity index is 1450. The first-order valence-corrected chi connectivity index (χ1v) is 15.7. The van der Waals surface area contributed by atoms with Gasteiger partial charge in [-0.3, -0.25) is 10.8 Å². The SMILES string of the molecule is CC(=N)NC(=N)NCc1ccc(-c2ccc(C[PH](c3ccccc3)(c3ccccc3)c3ccccc3)cc2)cc1. The number of hydrogen-bond acceptors (Lipinski definition) is 2. The molecule has 0 saturated heterocycles. The van der Waals surface area contributed by atoms with Gasteiger partial charge in [-0.25, -0.2) is 0 Å². The van der Waals surface area contributed by atoms with Gasteiger partial charge < -0.3 is 5.32 Å². The normalized spacial score (nSPS) is 11.4. The molecular formula is C35H35N4P. The van der Waals surface area contributed by atoms with E-state index in [4.69, 9.17) is 10.8 Å². The Labute approximate surface area is 237 Å². The Morgan fingerprint density at radius 1 is 0.550 bits per heavy atom. The fourth-order valence-corrected chi connectivity index (χ4v) is 10.1. The number of amidine groups is 1. The molecule has 0 radical (unpaired) electrons. The second-order valence-electron chi connectivity index (χ2n) is 10.1. The van der Waals surface area contributed by atoms with Crippen LogP contribution in [0.2, 0.25) is 0 Å². The predicted octanol–water partition coefficient (Wildman–Crippen LogP) is 6.19. The monoisotopic (exact) mass is 542 g/mol. The van der Waals surface area contributed by atoms with E-state index in [9.17, 15) is 0 Å². The van der Waals surface area contributed by atoms with Crippen LogP contribution in [-0.2, 0) is 12.7 Å². The molecular weight excluding hydrogens is 507 g/mol. The van der Waals surface area contributed by atoms with Crippen LogP contribution in [0.5, 0.6) is 0 Å². The summed E-state index contributed by atoms with van der Waals surface area (Å²) < 4.78 is 0. The van der Waals surface area contributed by atoms with Gasteiger partial charge in [0.25, 0.3) is 0 Å². The van der Waals surface area contributed by atoms with Gasteiger partial charge in [-0.1, -0.05) is 0 Å². The van der Waals surface area contributed by atoms with E-state index in [2.05, 4.69) is 150 Å². The van der Waals surface area contributed by atoms with Gasteiger partial charge in [0.15, 0.2) is 0 Å². The van der Waals surface area contributed by atoms with Gasteiger partial charge in [0.05, 0.1) is 5.84 Å². The van der Waals surface area contributed by atoms with Crippen LogP contribution < -0.4 is 26.5 Å². The number of benzene rings is 5. The topological polar surface area (TPSA) is 71.8 Å². The molecule has 5 rings (SSSR count). The molecule has 0 amide bonds. The van der Waals surface area contributed by atoms with Crippen LogP contribution in [0.3, 0.4) is 0 Å². The quantitative estimate of drug-likeness (QED) is 0.107. The van der Waals surface area contributed by atoms with Crippen LogP contribution in [0, 0.1) is 10.8 Å². The third-order valence-corrected chi connectivity index (χ3v) is 12.2. The van der Waals surface area contributed by atoms with Crippen molar-refractivity contribution in [1.29, 1.82) is 10.8 Å². The average molecular weight is 543 g/mol. The summed E-state index contributed by atoms with van der Waals surface area (Å²) in [6.45, 7) is 2.15. The summed E-state index contributed by atoms with van der Waals surface area (Å²) in [6, 6.07) is 50.6. The first-order valence-electron chi connectivity index (χ1n) is 13.5. The van der Waals surface area contributed by atoms with Crippen LogP contribution in [0.25, 0.3) is 11.1 Å². The molecule has 4 nitrogen and oxygen atoms in total. The van der Waals surface area contributed by atoms with E-state index in [-0.39, 0.29) is 11.8 Å². The van der Waals surface area contributed by atoms with Crippen molar-refractivity contribution in [3.8, 4) is 11.1 Å². The molecule has 0 aliphatic heterocycles. The molecule has 0 aliphatic carbocycles. The van der Waals surface area contributed by atoms with Gasteiger partial charge in [-0.2, -0.15) is 0 Å². The fraction of sp³-hybridized carbons (Fsp3) is 0.0857. The minimum atomic E-state index is -2.34. The van der Waals surface area contributed by atoms with E-state index in [1.165, 1.54) is 27.0 Å². The molecule has 200 valence electrons. The van der Waals surface area contributed by atoms with E-state index in [1.807, 2.05) is 0 Å². The van der Waals surface area contributed by atoms with E-state index in [0.717, 1.165) is 17.3 Å². The summed E-state index contributed by atoms with van der Waals surface area (Å²) in [5.41, 5.74) is 4.76. The second-order valence-corrected chi connectivity index (χ2v) is 13.9. The fourth-order valence-electron chi connectivity index (χ4n) is 5.33. The van der Waals surface area contributed by atoms with Crippen molar-refractivity contribution in [3.63, 3.8) is 0 Å². The van der Waals surface area contributed by atoms with Gasteiger partial charge in [-0.05, 0) is 6.92 Å². The molecule has 0 aromatic heterocycles. The molecule has 0 bridgehead atoms. The van der Waals surface area contributed by atoms with Crippen molar-refractivity contribution in [2.75, 3.05) is 0 Å². The molecule has 0 heterocycles. The van der Waals surface area contributed by atoms with Gasteiger partial charge in [0.2, 0.25) is 0 Å². The van der Waals surface area contributed by atoms with Crippen LogP contribution >= 0.6 is 7.26 Å². The zero-order valence-corrected chi connectivity index (χ0v) is 23.7. The number of guanidine groups is 1. The van der Waals surface area contributed by atoms with E-state index in [1.54, 1.807) is 6.92 Å². The molecule has 0 atom stereocenters. The van der Waals surface area contributed by atoms with Crippen molar-refractivity contribution >= 4 is 35.0 Å². The van der Waals surface area contributed by atoms with Crippen molar-refractivity contribution in [3.05, 3.63) is 151 Å². The predicted molar refractivity (Wildman–Crippen MR) is 173 cm³/mol. The Balaban J connectivity index is 1.42. The maximum absolute atomic E-state index is 7.83. The minimum absolute atomic E-state index is 0.133. The van der Waals surface area contributed by atoms with Crippen molar-refractivity contribution in [1.82, 2.24) is 10.6 Å². The maximum atomic E-state index is 7.83. The van der Waals surface area contributed by atoms with E-state index >= 15 is 0 Å². The van der Waals surface area contributed by atoms with Gasteiger partial charge in [-0.15, -0.1) is 0 Å². The molecule has 5 aromatic carbocycles. The van der Waals surface area contributed by atoms with Crippen LogP contribution in [0.4, 0.5) is 0 Å². The summed E-state index contributed by atoms with van der Waals surface area (Å²) in [7, 11) is -2.34. The number of nitrogens with one attached hydrogen (secondary N) is 4. The average Bonchev–Trinajstić information content (AvgIpc) is 3.00. The number of hydrogen-bond donors (Lipinski definition) is 4. The summed E-state index contributed by atoms with van der Waals surface area (Å²) >= 11 is 0. The zero-order chi connectivity index (χ0) is 27.8. The molecule has 5 heteroatoms.